The van der Waals surface area contributed by atoms with Crippen molar-refractivity contribution in [2.75, 3.05) is 14.7 Å². The van der Waals surface area contributed by atoms with Crippen LogP contribution in [0.1, 0.15) is 138 Å². The summed E-state index contributed by atoms with van der Waals surface area (Å²) in [5.74, 6) is 0.633. The van der Waals surface area contributed by atoms with Crippen molar-refractivity contribution < 1.29 is 0 Å². The highest BCUT2D eigenvalue weighted by atomic mass is 15.3. The van der Waals surface area contributed by atoms with Gasteiger partial charge in [-0.2, -0.15) is 0 Å². The zero-order chi connectivity index (χ0) is 45.5. The van der Waals surface area contributed by atoms with Crippen LogP contribution in [0.2, 0.25) is 0 Å². The highest BCUT2D eigenvalue weighted by Gasteiger charge is 2.61. The van der Waals surface area contributed by atoms with Crippen molar-refractivity contribution in [1.29, 1.82) is 0 Å². The molecule has 64 heavy (non-hydrogen) atoms. The van der Waals surface area contributed by atoms with Crippen molar-refractivity contribution in [3.63, 3.8) is 0 Å². The second-order valence-electron chi connectivity index (χ2n) is 24.4. The largest absolute Gasteiger partial charge is 0.334 e. The predicted octanol–water partition coefficient (Wildman–Crippen LogP) is 14.7. The van der Waals surface area contributed by atoms with E-state index in [2.05, 4.69) is 239 Å². The second-order valence-corrected chi connectivity index (χ2v) is 24.4. The highest BCUT2D eigenvalue weighted by molar-refractivity contribution is 7.00. The Morgan fingerprint density at radius 1 is 0.484 bits per heavy atom. The van der Waals surface area contributed by atoms with Crippen molar-refractivity contribution in [3.05, 3.63) is 150 Å². The van der Waals surface area contributed by atoms with Gasteiger partial charge in [0.2, 0.25) is 0 Å². The third-order valence-electron chi connectivity index (χ3n) is 16.3. The quantitative estimate of drug-likeness (QED) is 0.164. The maximum absolute atomic E-state index is 2.82. The molecule has 0 N–H and O–H groups in total. The van der Waals surface area contributed by atoms with E-state index < -0.39 is 0 Å². The summed E-state index contributed by atoms with van der Waals surface area (Å²) in [5, 5.41) is 0. The number of benzene rings is 6. The summed E-state index contributed by atoms with van der Waals surface area (Å²) in [5.41, 5.74) is 19.9. The maximum Gasteiger partial charge on any atom is 0.252 e. The van der Waals surface area contributed by atoms with E-state index in [4.69, 9.17) is 0 Å². The molecule has 3 nitrogen and oxygen atoms in total. The lowest BCUT2D eigenvalue weighted by atomic mass is 9.33. The van der Waals surface area contributed by atoms with Gasteiger partial charge in [-0.25, -0.2) is 0 Å². The van der Waals surface area contributed by atoms with E-state index in [0.717, 1.165) is 6.42 Å². The SMILES string of the molecule is CC(C)(C)c1ccc(N2c3ccc(C(C)(C)C)cc3B3c4ccccc4N(c4ccccc4)c4cc(N5c6ccc(C(C)(C)C)cc6C6(C)CC(C(C)(C)C)CCC56C)cc2c43)cc1. The number of hydrogen-bond donors (Lipinski definition) is 0. The van der Waals surface area contributed by atoms with Crippen molar-refractivity contribution in [1.82, 2.24) is 0 Å². The normalized spacial score (nSPS) is 21.6. The second kappa shape index (κ2) is 14.1. The van der Waals surface area contributed by atoms with Gasteiger partial charge >= 0.3 is 0 Å². The Bertz CT molecular complexity index is 2790. The Kier molecular flexibility index (Phi) is 9.44. The summed E-state index contributed by atoms with van der Waals surface area (Å²) in [6.45, 7) is 33.8. The summed E-state index contributed by atoms with van der Waals surface area (Å²) < 4.78 is 0. The Hall–Kier alpha value is -5.22. The Balaban J connectivity index is 1.30. The highest BCUT2D eigenvalue weighted by Crippen LogP contribution is 2.64. The van der Waals surface area contributed by atoms with Gasteiger partial charge in [-0.3, -0.25) is 0 Å². The molecule has 6 aromatic carbocycles. The first-order chi connectivity index (χ1) is 30.0. The minimum absolute atomic E-state index is 0.00444. The first-order valence-electron chi connectivity index (χ1n) is 24.1. The third-order valence-corrected chi connectivity index (χ3v) is 16.3. The van der Waals surface area contributed by atoms with E-state index in [0.29, 0.717) is 5.92 Å². The topological polar surface area (TPSA) is 9.72 Å². The molecule has 0 radical (unpaired) electrons. The van der Waals surface area contributed by atoms with Gasteiger partial charge in [-0.1, -0.05) is 163 Å². The van der Waals surface area contributed by atoms with Crippen molar-refractivity contribution in [2.24, 2.45) is 11.3 Å². The fraction of sp³-hybridized carbons (Fsp3) is 0.400. The zero-order valence-electron chi connectivity index (χ0n) is 41.2. The van der Waals surface area contributed by atoms with Gasteiger partial charge < -0.3 is 14.7 Å². The van der Waals surface area contributed by atoms with E-state index in [9.17, 15) is 0 Å². The molecule has 328 valence electrons. The average molecular weight is 844 g/mol. The van der Waals surface area contributed by atoms with E-state index in [1.54, 1.807) is 0 Å². The minimum Gasteiger partial charge on any atom is -0.334 e. The van der Waals surface area contributed by atoms with Crippen LogP contribution in [0, 0.1) is 11.3 Å². The third kappa shape index (κ3) is 6.43. The van der Waals surface area contributed by atoms with Crippen LogP contribution in [-0.4, -0.2) is 12.3 Å². The molecule has 0 bridgehead atoms. The van der Waals surface area contributed by atoms with Crippen molar-refractivity contribution in [2.45, 2.75) is 143 Å². The fourth-order valence-corrected chi connectivity index (χ4v) is 12.1. The smallest absolute Gasteiger partial charge is 0.252 e. The van der Waals surface area contributed by atoms with Crippen molar-refractivity contribution in [3.8, 4) is 0 Å². The van der Waals surface area contributed by atoms with Crippen molar-refractivity contribution >= 4 is 68.6 Å². The summed E-state index contributed by atoms with van der Waals surface area (Å²) in [4.78, 5) is 8.01. The summed E-state index contributed by atoms with van der Waals surface area (Å²) in [6.07, 6.45) is 3.51. The van der Waals surface area contributed by atoms with Crippen LogP contribution in [0.15, 0.2) is 127 Å². The number of hydrogen-bond acceptors (Lipinski definition) is 3. The molecule has 3 unspecified atom stereocenters. The number of anilines is 8. The number of para-hydroxylation sites is 2. The van der Waals surface area contributed by atoms with Gasteiger partial charge in [0.25, 0.3) is 6.71 Å². The van der Waals surface area contributed by atoms with Crippen LogP contribution in [-0.2, 0) is 21.7 Å². The van der Waals surface area contributed by atoms with E-state index in [1.165, 1.54) is 97.0 Å². The van der Waals surface area contributed by atoms with Crippen LogP contribution in [0.5, 0.6) is 0 Å². The monoisotopic (exact) mass is 844 g/mol. The number of fused-ring (bicyclic) bond motifs is 7. The van der Waals surface area contributed by atoms with E-state index in [1.807, 2.05) is 0 Å². The van der Waals surface area contributed by atoms with Crippen LogP contribution >= 0.6 is 0 Å². The first kappa shape index (κ1) is 42.7. The fourth-order valence-electron chi connectivity index (χ4n) is 12.1. The first-order valence-corrected chi connectivity index (χ1v) is 24.1. The van der Waals surface area contributed by atoms with E-state index >= 15 is 0 Å². The molecular formula is C60H70BN3. The van der Waals surface area contributed by atoms with Gasteiger partial charge in [-0.15, -0.1) is 0 Å². The Labute approximate surface area is 386 Å². The number of nitrogens with zero attached hydrogens (tertiary/aromatic N) is 3. The maximum atomic E-state index is 2.82. The van der Waals surface area contributed by atoms with Gasteiger partial charge in [0, 0.05) is 50.9 Å². The van der Waals surface area contributed by atoms with Crippen LogP contribution in [0.4, 0.5) is 45.5 Å². The van der Waals surface area contributed by atoms with Crippen LogP contribution in [0.3, 0.4) is 0 Å². The molecule has 0 saturated heterocycles. The Morgan fingerprint density at radius 2 is 1.00 bits per heavy atom. The molecular weight excluding hydrogens is 773 g/mol. The lowest BCUT2D eigenvalue weighted by Gasteiger charge is -2.55. The molecule has 6 aromatic rings. The molecule has 3 heterocycles. The zero-order valence-corrected chi connectivity index (χ0v) is 41.2. The summed E-state index contributed by atoms with van der Waals surface area (Å²) in [7, 11) is 0. The summed E-state index contributed by atoms with van der Waals surface area (Å²) >= 11 is 0. The average Bonchev–Trinajstić information content (AvgIpc) is 3.44. The van der Waals surface area contributed by atoms with Crippen LogP contribution in [0.25, 0.3) is 0 Å². The molecule has 3 atom stereocenters. The minimum atomic E-state index is -0.147. The van der Waals surface area contributed by atoms with Gasteiger partial charge in [-0.05, 0) is 147 Å². The van der Waals surface area contributed by atoms with Gasteiger partial charge in [0.05, 0.1) is 5.54 Å². The molecule has 1 aliphatic carbocycles. The molecule has 0 spiro atoms. The lowest BCUT2D eigenvalue weighted by Crippen LogP contribution is -2.61. The molecule has 1 fully saturated rings. The Morgan fingerprint density at radius 3 is 1.59 bits per heavy atom. The summed E-state index contributed by atoms with van der Waals surface area (Å²) in [6, 6.07) is 49.8. The molecule has 0 amide bonds. The molecule has 4 heteroatoms. The molecule has 4 aliphatic rings. The molecule has 3 aliphatic heterocycles. The lowest BCUT2D eigenvalue weighted by molar-refractivity contribution is 0.0786. The molecule has 10 rings (SSSR count). The van der Waals surface area contributed by atoms with Gasteiger partial charge in [0.15, 0.2) is 0 Å². The predicted molar refractivity (Wildman–Crippen MR) is 278 cm³/mol. The standard InChI is InChI=1S/C60H70BN3/c1-55(2,3)39-24-28-44(29-25-39)63-51-31-27-41(57(7,8)9)35-48(51)61-47-22-18-19-23-50(47)62(43-20-16-15-17-21-43)52-36-45(37-53(63)54(52)61)64-49-30-26-40(56(4,5)6)34-46(49)59(13)38-42(58(10,11)12)32-33-60(59,64)14/h15-31,34-37,42H,32-33,38H2,1-14H3. The molecule has 1 saturated carbocycles. The van der Waals surface area contributed by atoms with Gasteiger partial charge in [0.1, 0.15) is 0 Å². The van der Waals surface area contributed by atoms with E-state index in [-0.39, 0.29) is 39.3 Å². The molecule has 0 aromatic heterocycles. The number of rotatable bonds is 3. The van der Waals surface area contributed by atoms with Crippen LogP contribution < -0.4 is 31.1 Å².